The van der Waals surface area contributed by atoms with Gasteiger partial charge in [0.25, 0.3) is 23.6 Å². The van der Waals surface area contributed by atoms with E-state index in [0.29, 0.717) is 0 Å². The smallest absolute Gasteiger partial charge is 0.262 e. The fourth-order valence-corrected chi connectivity index (χ4v) is 13.5. The number of carbonyl (C=O) groups is 4. The van der Waals surface area contributed by atoms with Gasteiger partial charge in [-0.2, -0.15) is 0 Å². The van der Waals surface area contributed by atoms with Gasteiger partial charge in [-0.1, -0.05) is 216 Å². The predicted octanol–water partition coefficient (Wildman–Crippen LogP) is 12.5. The maximum Gasteiger partial charge on any atom is 0.262 e. The molecule has 0 spiro atoms. The second-order valence-electron chi connectivity index (χ2n) is 24.5. The van der Waals surface area contributed by atoms with Crippen LogP contribution in [0.5, 0.6) is 0 Å². The van der Waals surface area contributed by atoms with Gasteiger partial charge in [-0.3, -0.25) is 29.0 Å². The average molecular weight is 1320 g/mol. The third kappa shape index (κ3) is 15.3. The molecular weight excluding hydrogens is 1250 g/mol. The fraction of sp³-hybridized carbons (Fsp3) is 0.316. The monoisotopic (exact) mass is 1320 g/mol. The molecule has 8 aromatic rings. The van der Waals surface area contributed by atoms with Crippen molar-refractivity contribution in [3.8, 4) is 0 Å². The molecule has 8 aromatic carbocycles. The van der Waals surface area contributed by atoms with Crippen molar-refractivity contribution in [2.45, 2.75) is 138 Å². The van der Waals surface area contributed by atoms with E-state index in [2.05, 4.69) is 20.1 Å². The second kappa shape index (κ2) is 32.1. The highest BCUT2D eigenvalue weighted by Gasteiger charge is 2.59. The van der Waals surface area contributed by atoms with E-state index in [1.807, 2.05) is 182 Å². The minimum absolute atomic E-state index is 0.0165. The maximum atomic E-state index is 15.2. The van der Waals surface area contributed by atoms with Crippen molar-refractivity contribution in [2.24, 2.45) is 10.2 Å². The molecule has 4 aliphatic heterocycles. The predicted molar refractivity (Wildman–Crippen MR) is 356 cm³/mol. The zero-order chi connectivity index (χ0) is 67.2. The Morgan fingerprint density at radius 2 is 0.622 bits per heavy atom. The zero-order valence-electron chi connectivity index (χ0n) is 53.4. The van der Waals surface area contributed by atoms with Crippen molar-refractivity contribution >= 4 is 23.6 Å². The van der Waals surface area contributed by atoms with Crippen LogP contribution in [-0.4, -0.2) is 132 Å². The molecular formula is C76H72N8O14. The van der Waals surface area contributed by atoms with Crippen molar-refractivity contribution in [1.82, 2.24) is 9.80 Å². The Balaban J connectivity index is 0.902. The molecule has 1 aliphatic carbocycles. The number of amides is 4. The molecule has 98 heavy (non-hydrogen) atoms. The number of fused-ring (bicyclic) bond motifs is 2. The van der Waals surface area contributed by atoms with Gasteiger partial charge in [0.05, 0.1) is 99.4 Å². The second-order valence-corrected chi connectivity index (χ2v) is 24.5. The molecule has 22 nitrogen and oxygen atoms in total. The molecule has 3 fully saturated rings. The summed E-state index contributed by atoms with van der Waals surface area (Å²) in [5, 5.41) is 8.54. The summed E-state index contributed by atoms with van der Waals surface area (Å²) in [7, 11) is 0. The summed E-state index contributed by atoms with van der Waals surface area (Å²) in [6.45, 7) is 0.191. The summed E-state index contributed by atoms with van der Waals surface area (Å²) in [6, 6.07) is 64.8. The van der Waals surface area contributed by atoms with Gasteiger partial charge >= 0.3 is 0 Å². The third-order valence-corrected chi connectivity index (χ3v) is 18.2. The van der Waals surface area contributed by atoms with Gasteiger partial charge in [-0.15, -0.1) is 0 Å². The molecule has 5 aliphatic rings. The van der Waals surface area contributed by atoms with Crippen molar-refractivity contribution in [3.63, 3.8) is 0 Å². The number of carbonyl (C=O) groups excluding carboxylic acids is 4. The number of nitrogens with zero attached hydrogens (tertiary/aromatic N) is 8. The first-order valence-electron chi connectivity index (χ1n) is 32.7. The van der Waals surface area contributed by atoms with Gasteiger partial charge in [0, 0.05) is 16.2 Å². The van der Waals surface area contributed by atoms with Crippen LogP contribution in [0.1, 0.15) is 87.7 Å². The third-order valence-electron chi connectivity index (χ3n) is 18.2. The molecule has 1 saturated carbocycles. The molecule has 0 aromatic heterocycles. The minimum Gasteiger partial charge on any atom is -0.374 e. The van der Waals surface area contributed by atoms with E-state index in [4.69, 9.17) is 47.4 Å². The topological polar surface area (TPSA) is 265 Å². The standard InChI is InChI=1S/C76H72N8O14/c77-81-79-59-39-60(80-82-78)62(96-76-66(84-73(87)57-37-21-22-38-58(57)74(84)88)70(94-46-54-33-17-6-18-34-54)68(92-44-52-29-13-4-14-30-52)64(98-76)48-90-42-50-25-9-2-10-26-50)40-61(59)95-75-65(83-71(85)55-35-19-20-36-56(55)72(83)86)69(93-45-53-31-15-5-16-32-53)67(91-43-51-27-11-3-12-28-51)63(97-75)47-89-41-49-23-7-1-8-24-49/h1-38,59-70,75-76H,39-48H2/t59-,60-,61-,62-,63-,64-,65-,66-,67-,68-,69-,70-,75-,76-/m1/s1. The summed E-state index contributed by atoms with van der Waals surface area (Å²) in [5.74, 6) is -2.58. The average Bonchev–Trinajstić information content (AvgIpc) is 1.69. The van der Waals surface area contributed by atoms with Gasteiger partial charge in [0.2, 0.25) is 0 Å². The Morgan fingerprint density at radius 1 is 0.357 bits per heavy atom. The highest BCUT2D eigenvalue weighted by molar-refractivity contribution is 6.22. The van der Waals surface area contributed by atoms with E-state index in [9.17, 15) is 11.1 Å². The van der Waals surface area contributed by atoms with Crippen LogP contribution in [0.3, 0.4) is 0 Å². The lowest BCUT2D eigenvalue weighted by molar-refractivity contribution is -0.323. The van der Waals surface area contributed by atoms with Crippen molar-refractivity contribution in [3.05, 3.63) is 307 Å². The summed E-state index contributed by atoms with van der Waals surface area (Å²) in [6.07, 6.45) is -12.7. The van der Waals surface area contributed by atoms with Crippen LogP contribution >= 0.6 is 0 Å². The number of azide groups is 2. The van der Waals surface area contributed by atoms with Crippen molar-refractivity contribution in [1.29, 1.82) is 0 Å². The van der Waals surface area contributed by atoms with Gasteiger partial charge < -0.3 is 47.4 Å². The zero-order valence-corrected chi connectivity index (χ0v) is 53.4. The summed E-state index contributed by atoms with van der Waals surface area (Å²) < 4.78 is 70.0. The Hall–Kier alpha value is -9.74. The first-order valence-corrected chi connectivity index (χ1v) is 32.7. The van der Waals surface area contributed by atoms with Crippen LogP contribution in [-0.2, 0) is 87.0 Å². The summed E-state index contributed by atoms with van der Waals surface area (Å²) in [4.78, 5) is 69.4. The minimum atomic E-state index is -1.60. The molecule has 22 heteroatoms. The highest BCUT2D eigenvalue weighted by atomic mass is 16.7. The number of hydrogen-bond acceptors (Lipinski definition) is 16. The normalized spacial score (nSPS) is 25.9. The van der Waals surface area contributed by atoms with E-state index in [1.54, 1.807) is 48.5 Å². The van der Waals surface area contributed by atoms with Crippen LogP contribution in [0.25, 0.3) is 20.9 Å². The van der Waals surface area contributed by atoms with Gasteiger partial charge in [0.15, 0.2) is 12.6 Å². The number of hydrogen-bond donors (Lipinski definition) is 0. The molecule has 500 valence electrons. The molecule has 4 amide bonds. The van der Waals surface area contributed by atoms with E-state index in [1.165, 1.54) is 0 Å². The Morgan fingerprint density at radius 3 is 0.908 bits per heavy atom. The molecule has 2 saturated heterocycles. The summed E-state index contributed by atoms with van der Waals surface area (Å²) >= 11 is 0. The lowest BCUT2D eigenvalue weighted by atomic mass is 9.86. The van der Waals surface area contributed by atoms with Crippen molar-refractivity contribution in [2.75, 3.05) is 13.2 Å². The molecule has 0 unspecified atom stereocenters. The molecule has 13 rings (SSSR count). The first kappa shape index (κ1) is 66.9. The van der Waals surface area contributed by atoms with Gasteiger partial charge in [-0.25, -0.2) is 0 Å². The molecule has 0 radical (unpaired) electrons. The van der Waals surface area contributed by atoms with E-state index in [-0.39, 0.29) is 88.0 Å². The largest absolute Gasteiger partial charge is 0.374 e. The first-order chi connectivity index (χ1) is 48.2. The van der Waals surface area contributed by atoms with E-state index < -0.39 is 109 Å². The molecule has 0 bridgehead atoms. The van der Waals surface area contributed by atoms with Crippen molar-refractivity contribution < 1.29 is 66.5 Å². The van der Waals surface area contributed by atoms with Crippen LogP contribution < -0.4 is 0 Å². The number of imide groups is 2. The quantitative estimate of drug-likeness (QED) is 0.0191. The van der Waals surface area contributed by atoms with Crippen LogP contribution in [0, 0.1) is 0 Å². The SMILES string of the molecule is [N-]=[N+]=N[C@@H]1C[C@@H](N=[N+]=[N-])[C@H](O[C@@H]2O[C@H](COCc3ccccc3)[C@@H](OCc3ccccc3)[C@H](OCc3ccccc3)[C@H]2N2C(=O)c3ccccc3C2=O)C[C@H]1O[C@@H]1O[C@H](COCc2ccccc2)[C@@H](OCc2ccccc2)[C@H](OCc2ccccc2)[C@H]1N1C(=O)c2ccccc2C1=O. The number of ether oxygens (including phenoxy) is 10. The summed E-state index contributed by atoms with van der Waals surface area (Å²) in [5.41, 5.74) is 26.4. The maximum absolute atomic E-state index is 15.2. The number of rotatable bonds is 28. The Kier molecular flexibility index (Phi) is 21.9. The van der Waals surface area contributed by atoms with Gasteiger partial charge in [0.1, 0.15) is 48.7 Å². The van der Waals surface area contributed by atoms with E-state index >= 15 is 19.2 Å². The Labute approximate surface area is 566 Å². The lowest BCUT2D eigenvalue weighted by Crippen LogP contribution is -2.68. The van der Waals surface area contributed by atoms with Gasteiger partial charge in [-0.05, 0) is 75.1 Å². The molecule has 14 atom stereocenters. The van der Waals surface area contributed by atoms with Crippen LogP contribution in [0.2, 0.25) is 0 Å². The Bertz CT molecular complexity index is 3770. The molecule has 0 N–H and O–H groups in total. The fourth-order valence-electron chi connectivity index (χ4n) is 13.5. The van der Waals surface area contributed by atoms with Crippen LogP contribution in [0.15, 0.2) is 241 Å². The number of benzene rings is 8. The highest BCUT2D eigenvalue weighted by Crippen LogP contribution is 2.42. The van der Waals surface area contributed by atoms with E-state index in [0.717, 1.165) is 43.2 Å². The van der Waals surface area contributed by atoms with Crippen LogP contribution in [0.4, 0.5) is 0 Å². The lowest BCUT2D eigenvalue weighted by Gasteiger charge is -2.51. The molecule has 4 heterocycles.